The molecule has 0 radical (unpaired) electrons. The Morgan fingerprint density at radius 1 is 0.964 bits per heavy atom. The summed E-state index contributed by atoms with van der Waals surface area (Å²) in [4.78, 5) is 28.5. The molecular weight excluding hydrogens is 357 g/mol. The lowest BCUT2D eigenvalue weighted by Crippen LogP contribution is -2.49. The van der Waals surface area contributed by atoms with Crippen molar-refractivity contribution < 1.29 is 14.0 Å². The van der Waals surface area contributed by atoms with Crippen LogP contribution < -0.4 is 10.2 Å². The van der Waals surface area contributed by atoms with E-state index in [0.717, 1.165) is 11.3 Å². The van der Waals surface area contributed by atoms with Gasteiger partial charge in [0.15, 0.2) is 0 Å². The van der Waals surface area contributed by atoms with E-state index < -0.39 is 0 Å². The van der Waals surface area contributed by atoms with Crippen LogP contribution in [0.4, 0.5) is 10.1 Å². The van der Waals surface area contributed by atoms with Crippen molar-refractivity contribution in [2.24, 2.45) is 0 Å². The van der Waals surface area contributed by atoms with Crippen molar-refractivity contribution in [3.63, 3.8) is 0 Å². The quantitative estimate of drug-likeness (QED) is 0.834. The van der Waals surface area contributed by atoms with Gasteiger partial charge in [-0.1, -0.05) is 30.3 Å². The zero-order valence-electron chi connectivity index (χ0n) is 16.1. The van der Waals surface area contributed by atoms with Crippen LogP contribution in [0.25, 0.3) is 0 Å². The van der Waals surface area contributed by atoms with Gasteiger partial charge in [0.1, 0.15) is 5.82 Å². The first-order valence-electron chi connectivity index (χ1n) is 9.65. The number of rotatable bonds is 6. The van der Waals surface area contributed by atoms with Crippen LogP contribution in [0.2, 0.25) is 0 Å². The SMILES string of the molecule is CC(NC(=O)CCC(=O)N1CCN(c2ccc(F)cc2)CC1)c1ccccc1. The van der Waals surface area contributed by atoms with Gasteiger partial charge in [0, 0.05) is 44.7 Å². The van der Waals surface area contributed by atoms with Gasteiger partial charge in [-0.15, -0.1) is 0 Å². The molecular formula is C22H26FN3O2. The molecule has 0 aromatic heterocycles. The van der Waals surface area contributed by atoms with Crippen LogP contribution in [0.3, 0.4) is 0 Å². The fourth-order valence-corrected chi connectivity index (χ4v) is 3.38. The van der Waals surface area contributed by atoms with Crippen molar-refractivity contribution >= 4 is 17.5 Å². The van der Waals surface area contributed by atoms with Crippen LogP contribution in [-0.2, 0) is 9.59 Å². The van der Waals surface area contributed by atoms with Crippen LogP contribution >= 0.6 is 0 Å². The number of nitrogens with zero attached hydrogens (tertiary/aromatic N) is 2. The number of amides is 2. The summed E-state index contributed by atoms with van der Waals surface area (Å²) in [6.45, 7) is 4.56. The first-order valence-corrected chi connectivity index (χ1v) is 9.65. The molecule has 2 amide bonds. The van der Waals surface area contributed by atoms with E-state index in [9.17, 15) is 14.0 Å². The smallest absolute Gasteiger partial charge is 0.223 e. The van der Waals surface area contributed by atoms with Gasteiger partial charge >= 0.3 is 0 Å². The lowest BCUT2D eigenvalue weighted by Gasteiger charge is -2.36. The summed E-state index contributed by atoms with van der Waals surface area (Å²) in [6, 6.07) is 16.1. The van der Waals surface area contributed by atoms with E-state index in [1.807, 2.05) is 37.3 Å². The van der Waals surface area contributed by atoms with Crippen LogP contribution in [0, 0.1) is 5.82 Å². The van der Waals surface area contributed by atoms with E-state index in [4.69, 9.17) is 0 Å². The third-order valence-corrected chi connectivity index (χ3v) is 5.07. The number of hydrogen-bond donors (Lipinski definition) is 1. The molecule has 0 saturated carbocycles. The Morgan fingerprint density at radius 3 is 2.25 bits per heavy atom. The molecule has 2 aromatic rings. The number of hydrogen-bond acceptors (Lipinski definition) is 3. The Balaban J connectivity index is 1.40. The molecule has 6 heteroatoms. The Morgan fingerprint density at radius 2 is 1.61 bits per heavy atom. The molecule has 0 bridgehead atoms. The molecule has 1 aliphatic rings. The number of halogens is 1. The van der Waals surface area contributed by atoms with Gasteiger partial charge in [0.2, 0.25) is 11.8 Å². The lowest BCUT2D eigenvalue weighted by atomic mass is 10.1. The highest BCUT2D eigenvalue weighted by molar-refractivity contribution is 5.84. The highest BCUT2D eigenvalue weighted by atomic mass is 19.1. The standard InChI is InChI=1S/C22H26FN3O2/c1-17(18-5-3-2-4-6-18)24-21(27)11-12-22(28)26-15-13-25(14-16-26)20-9-7-19(23)8-10-20/h2-10,17H,11-16H2,1H3,(H,24,27). The topological polar surface area (TPSA) is 52.7 Å². The summed E-state index contributed by atoms with van der Waals surface area (Å²) in [5.41, 5.74) is 2.00. The highest BCUT2D eigenvalue weighted by Gasteiger charge is 2.22. The van der Waals surface area contributed by atoms with Crippen LogP contribution in [-0.4, -0.2) is 42.9 Å². The monoisotopic (exact) mass is 383 g/mol. The van der Waals surface area contributed by atoms with Gasteiger partial charge < -0.3 is 15.1 Å². The second-order valence-corrected chi connectivity index (χ2v) is 7.04. The normalized spacial score (nSPS) is 15.2. The van der Waals surface area contributed by atoms with Gasteiger partial charge in [-0.05, 0) is 36.8 Å². The summed E-state index contributed by atoms with van der Waals surface area (Å²) in [5, 5.41) is 2.94. The zero-order valence-corrected chi connectivity index (χ0v) is 16.1. The Kier molecular flexibility index (Phi) is 6.63. The van der Waals surface area contributed by atoms with E-state index in [-0.39, 0.29) is 36.5 Å². The van der Waals surface area contributed by atoms with Gasteiger partial charge in [-0.2, -0.15) is 0 Å². The van der Waals surface area contributed by atoms with Crippen LogP contribution in [0.15, 0.2) is 54.6 Å². The molecule has 5 nitrogen and oxygen atoms in total. The second kappa shape index (κ2) is 9.35. The number of carbonyl (C=O) groups excluding carboxylic acids is 2. The van der Waals surface area contributed by atoms with Gasteiger partial charge in [-0.3, -0.25) is 9.59 Å². The minimum atomic E-state index is -0.252. The molecule has 1 atom stereocenters. The molecule has 0 aliphatic carbocycles. The van der Waals surface area contributed by atoms with Crippen molar-refractivity contribution in [3.8, 4) is 0 Å². The average molecular weight is 383 g/mol. The summed E-state index contributed by atoms with van der Waals surface area (Å²) >= 11 is 0. The summed E-state index contributed by atoms with van der Waals surface area (Å²) in [6.07, 6.45) is 0.401. The van der Waals surface area contributed by atoms with Crippen molar-refractivity contribution in [1.82, 2.24) is 10.2 Å². The van der Waals surface area contributed by atoms with E-state index in [2.05, 4.69) is 10.2 Å². The lowest BCUT2D eigenvalue weighted by molar-refractivity contribution is -0.134. The Hall–Kier alpha value is -2.89. The predicted molar refractivity (Wildman–Crippen MR) is 107 cm³/mol. The predicted octanol–water partition coefficient (Wildman–Crippen LogP) is 3.13. The van der Waals surface area contributed by atoms with Crippen molar-refractivity contribution in [2.75, 3.05) is 31.1 Å². The molecule has 0 spiro atoms. The molecule has 3 rings (SSSR count). The van der Waals surface area contributed by atoms with Crippen LogP contribution in [0.1, 0.15) is 31.4 Å². The molecule has 1 heterocycles. The molecule has 148 valence electrons. The Bertz CT molecular complexity index is 787. The number of piperazine rings is 1. The third kappa shape index (κ3) is 5.31. The number of nitrogens with one attached hydrogen (secondary N) is 1. The van der Waals surface area contributed by atoms with E-state index >= 15 is 0 Å². The van der Waals surface area contributed by atoms with Crippen molar-refractivity contribution in [3.05, 3.63) is 66.0 Å². The fourth-order valence-electron chi connectivity index (χ4n) is 3.38. The maximum atomic E-state index is 13.0. The van der Waals surface area contributed by atoms with Crippen molar-refractivity contribution in [1.29, 1.82) is 0 Å². The summed E-state index contributed by atoms with van der Waals surface area (Å²) in [7, 11) is 0. The molecule has 1 N–H and O–H groups in total. The average Bonchev–Trinajstić information content (AvgIpc) is 2.73. The van der Waals surface area contributed by atoms with E-state index in [0.29, 0.717) is 26.2 Å². The highest BCUT2D eigenvalue weighted by Crippen LogP contribution is 2.17. The number of benzene rings is 2. The number of carbonyl (C=O) groups is 2. The minimum absolute atomic E-state index is 0.00118. The first-order chi connectivity index (χ1) is 13.5. The van der Waals surface area contributed by atoms with Crippen LogP contribution in [0.5, 0.6) is 0 Å². The Labute approximate surface area is 165 Å². The third-order valence-electron chi connectivity index (χ3n) is 5.07. The molecule has 1 fully saturated rings. The summed E-state index contributed by atoms with van der Waals surface area (Å²) < 4.78 is 13.0. The molecule has 1 saturated heterocycles. The molecule has 1 aliphatic heterocycles. The van der Waals surface area contributed by atoms with Crippen molar-refractivity contribution in [2.45, 2.75) is 25.8 Å². The molecule has 28 heavy (non-hydrogen) atoms. The summed E-state index contributed by atoms with van der Waals surface area (Å²) in [5.74, 6) is -0.367. The molecule has 1 unspecified atom stereocenters. The van der Waals surface area contributed by atoms with Gasteiger partial charge in [0.05, 0.1) is 6.04 Å². The second-order valence-electron chi connectivity index (χ2n) is 7.04. The zero-order chi connectivity index (χ0) is 19.9. The largest absolute Gasteiger partial charge is 0.368 e. The van der Waals surface area contributed by atoms with Gasteiger partial charge in [0.25, 0.3) is 0 Å². The maximum absolute atomic E-state index is 13.0. The molecule has 2 aromatic carbocycles. The maximum Gasteiger partial charge on any atom is 0.223 e. The number of anilines is 1. The first kappa shape index (κ1) is 19.9. The minimum Gasteiger partial charge on any atom is -0.368 e. The van der Waals surface area contributed by atoms with E-state index in [1.165, 1.54) is 12.1 Å². The fraction of sp³-hybridized carbons (Fsp3) is 0.364. The van der Waals surface area contributed by atoms with Gasteiger partial charge in [-0.25, -0.2) is 4.39 Å². The van der Waals surface area contributed by atoms with E-state index in [1.54, 1.807) is 17.0 Å².